The topological polar surface area (TPSA) is 132 Å². The lowest BCUT2D eigenvalue weighted by Crippen LogP contribution is -2.49. The first-order valence-electron chi connectivity index (χ1n) is 10.6. The van der Waals surface area contributed by atoms with Crippen LogP contribution in [0, 0.1) is 5.92 Å². The van der Waals surface area contributed by atoms with Gasteiger partial charge >= 0.3 is 12.0 Å². The highest BCUT2D eigenvalue weighted by Crippen LogP contribution is 2.39. The standard InChI is InChI=1S/C22H30N4O6/c1-4-32-21(28)17-15(12-26-10-8-13(9-11-26)20(23)27)24-22(29)25-18(17)14-6-5-7-16(30-2)19(14)31-3/h5-7,13,18H,4,8-12H2,1-3H3,(H2,23,27)(H2,24,25,29)/t18-/m0/s1. The SMILES string of the molecule is CCOC(=O)C1=C(CN2CCC(C(N)=O)CC2)NC(=O)N[C@H]1c1cccc(OC)c1OC. The molecule has 0 radical (unpaired) electrons. The van der Waals surface area contributed by atoms with E-state index in [1.807, 2.05) is 0 Å². The average molecular weight is 447 g/mol. The Morgan fingerprint density at radius 2 is 1.91 bits per heavy atom. The maximum absolute atomic E-state index is 13.0. The van der Waals surface area contributed by atoms with Crippen molar-refractivity contribution in [2.75, 3.05) is 40.5 Å². The molecule has 1 aromatic carbocycles. The highest BCUT2D eigenvalue weighted by Gasteiger charge is 2.37. The van der Waals surface area contributed by atoms with Gasteiger partial charge in [0.2, 0.25) is 5.91 Å². The first-order valence-corrected chi connectivity index (χ1v) is 10.6. The number of hydrogen-bond donors (Lipinski definition) is 3. The Morgan fingerprint density at radius 1 is 1.19 bits per heavy atom. The molecule has 0 aromatic heterocycles. The van der Waals surface area contributed by atoms with Crippen molar-refractivity contribution >= 4 is 17.9 Å². The number of rotatable bonds is 8. The molecule has 4 N–H and O–H groups in total. The monoisotopic (exact) mass is 446 g/mol. The second-order valence-corrected chi connectivity index (χ2v) is 7.68. The van der Waals surface area contributed by atoms with Gasteiger partial charge < -0.3 is 30.6 Å². The van der Waals surface area contributed by atoms with Crippen LogP contribution in [-0.2, 0) is 14.3 Å². The molecule has 174 valence electrons. The number of piperidine rings is 1. The number of methoxy groups -OCH3 is 2. The van der Waals surface area contributed by atoms with Gasteiger partial charge in [-0.3, -0.25) is 9.69 Å². The van der Waals surface area contributed by atoms with Gasteiger partial charge in [-0.1, -0.05) is 12.1 Å². The molecule has 32 heavy (non-hydrogen) atoms. The number of carbonyl (C=O) groups is 3. The highest BCUT2D eigenvalue weighted by molar-refractivity contribution is 5.95. The van der Waals surface area contributed by atoms with Crippen molar-refractivity contribution in [1.82, 2.24) is 15.5 Å². The van der Waals surface area contributed by atoms with E-state index in [0.717, 1.165) is 0 Å². The molecule has 3 rings (SSSR count). The summed E-state index contributed by atoms with van der Waals surface area (Å²) in [6.07, 6.45) is 1.27. The molecule has 10 heteroatoms. The third kappa shape index (κ3) is 4.96. The van der Waals surface area contributed by atoms with Gasteiger partial charge in [0, 0.05) is 23.7 Å². The molecule has 3 amide bonds. The first kappa shape index (κ1) is 23.4. The summed E-state index contributed by atoms with van der Waals surface area (Å²) in [5.41, 5.74) is 6.77. The van der Waals surface area contributed by atoms with Crippen molar-refractivity contribution in [3.8, 4) is 11.5 Å². The first-order chi connectivity index (χ1) is 15.4. The molecule has 0 unspecified atom stereocenters. The fraction of sp³-hybridized carbons (Fsp3) is 0.500. The molecule has 2 aliphatic rings. The summed E-state index contributed by atoms with van der Waals surface area (Å²) in [7, 11) is 3.02. The lowest BCUT2D eigenvalue weighted by molar-refractivity contribution is -0.139. The summed E-state index contributed by atoms with van der Waals surface area (Å²) < 4.78 is 16.2. The zero-order chi connectivity index (χ0) is 23.3. The fourth-order valence-electron chi connectivity index (χ4n) is 4.16. The van der Waals surface area contributed by atoms with Crippen molar-refractivity contribution in [2.24, 2.45) is 11.7 Å². The maximum Gasteiger partial charge on any atom is 0.338 e. The second kappa shape index (κ2) is 10.4. The maximum atomic E-state index is 13.0. The third-order valence-electron chi connectivity index (χ3n) is 5.77. The van der Waals surface area contributed by atoms with Crippen LogP contribution >= 0.6 is 0 Å². The van der Waals surface area contributed by atoms with E-state index in [0.29, 0.717) is 60.8 Å². The average Bonchev–Trinajstić information content (AvgIpc) is 2.78. The van der Waals surface area contributed by atoms with Crippen LogP contribution in [0.1, 0.15) is 31.4 Å². The van der Waals surface area contributed by atoms with Gasteiger partial charge in [-0.25, -0.2) is 9.59 Å². The Morgan fingerprint density at radius 3 is 2.50 bits per heavy atom. The molecule has 2 aliphatic heterocycles. The molecule has 0 spiro atoms. The number of esters is 1. The van der Waals surface area contributed by atoms with Crippen molar-refractivity contribution in [1.29, 1.82) is 0 Å². The minimum absolute atomic E-state index is 0.152. The van der Waals surface area contributed by atoms with Crippen molar-refractivity contribution in [3.63, 3.8) is 0 Å². The van der Waals surface area contributed by atoms with E-state index in [1.165, 1.54) is 14.2 Å². The quantitative estimate of drug-likeness (QED) is 0.509. The molecular formula is C22H30N4O6. The lowest BCUT2D eigenvalue weighted by Gasteiger charge is -2.35. The van der Waals surface area contributed by atoms with Crippen LogP contribution in [0.25, 0.3) is 0 Å². The number of nitrogens with two attached hydrogens (primary N) is 1. The van der Waals surface area contributed by atoms with Crippen molar-refractivity contribution in [3.05, 3.63) is 35.0 Å². The number of hydrogen-bond acceptors (Lipinski definition) is 7. The molecule has 1 aromatic rings. The smallest absolute Gasteiger partial charge is 0.338 e. The van der Waals surface area contributed by atoms with Gasteiger partial charge in [0.15, 0.2) is 11.5 Å². The number of benzene rings is 1. The van der Waals surface area contributed by atoms with Gasteiger partial charge in [-0.05, 0) is 38.9 Å². The number of carbonyl (C=O) groups excluding carboxylic acids is 3. The fourth-order valence-corrected chi connectivity index (χ4v) is 4.16. The summed E-state index contributed by atoms with van der Waals surface area (Å²) in [6.45, 7) is 3.50. The van der Waals surface area contributed by atoms with Crippen LogP contribution in [0.5, 0.6) is 11.5 Å². The second-order valence-electron chi connectivity index (χ2n) is 7.68. The Hall–Kier alpha value is -3.27. The Labute approximate surface area is 187 Å². The number of likely N-dealkylation sites (tertiary alicyclic amines) is 1. The predicted octanol–water partition coefficient (Wildman–Crippen LogP) is 1.07. The summed E-state index contributed by atoms with van der Waals surface area (Å²) in [4.78, 5) is 39.1. The van der Waals surface area contributed by atoms with Crippen LogP contribution in [0.4, 0.5) is 4.79 Å². The normalized spacial score (nSPS) is 19.7. The Bertz CT molecular complexity index is 908. The zero-order valence-electron chi connectivity index (χ0n) is 18.6. The van der Waals surface area contributed by atoms with E-state index in [2.05, 4.69) is 15.5 Å². The molecule has 0 saturated carbocycles. The highest BCUT2D eigenvalue weighted by atomic mass is 16.5. The van der Waals surface area contributed by atoms with E-state index in [4.69, 9.17) is 19.9 Å². The van der Waals surface area contributed by atoms with Gasteiger partial charge in [-0.2, -0.15) is 0 Å². The largest absolute Gasteiger partial charge is 0.493 e. The summed E-state index contributed by atoms with van der Waals surface area (Å²) in [5, 5.41) is 5.59. The number of para-hydroxylation sites is 1. The Balaban J connectivity index is 1.99. The number of ether oxygens (including phenoxy) is 3. The summed E-state index contributed by atoms with van der Waals surface area (Å²) in [6, 6.07) is 4.05. The van der Waals surface area contributed by atoms with E-state index < -0.39 is 18.0 Å². The number of primary amides is 1. The zero-order valence-corrected chi connectivity index (χ0v) is 18.6. The molecular weight excluding hydrogens is 416 g/mol. The minimum atomic E-state index is -0.786. The van der Waals surface area contributed by atoms with E-state index in [-0.39, 0.29) is 18.4 Å². The van der Waals surface area contributed by atoms with Crippen LogP contribution in [0.2, 0.25) is 0 Å². The van der Waals surface area contributed by atoms with Crippen molar-refractivity contribution < 1.29 is 28.6 Å². The molecule has 0 aliphatic carbocycles. The van der Waals surface area contributed by atoms with Gasteiger partial charge in [0.05, 0.1) is 32.4 Å². The number of urea groups is 1. The summed E-state index contributed by atoms with van der Waals surface area (Å²) in [5.74, 6) is -0.0730. The van der Waals surface area contributed by atoms with Crippen LogP contribution in [0.15, 0.2) is 29.5 Å². The van der Waals surface area contributed by atoms with E-state index in [9.17, 15) is 14.4 Å². The van der Waals surface area contributed by atoms with Gasteiger partial charge in [0.1, 0.15) is 0 Å². The molecule has 1 atom stereocenters. The molecule has 10 nitrogen and oxygen atoms in total. The van der Waals surface area contributed by atoms with E-state index >= 15 is 0 Å². The Kier molecular flexibility index (Phi) is 7.57. The number of nitrogens with zero attached hydrogens (tertiary/aromatic N) is 1. The molecule has 1 saturated heterocycles. The number of amides is 3. The van der Waals surface area contributed by atoms with Crippen LogP contribution < -0.4 is 25.8 Å². The predicted molar refractivity (Wildman–Crippen MR) is 116 cm³/mol. The van der Waals surface area contributed by atoms with Crippen molar-refractivity contribution in [2.45, 2.75) is 25.8 Å². The van der Waals surface area contributed by atoms with Crippen LogP contribution in [0.3, 0.4) is 0 Å². The van der Waals surface area contributed by atoms with Gasteiger partial charge in [-0.15, -0.1) is 0 Å². The van der Waals surface area contributed by atoms with E-state index in [1.54, 1.807) is 25.1 Å². The number of nitrogens with one attached hydrogen (secondary N) is 2. The van der Waals surface area contributed by atoms with Crippen LogP contribution in [-0.4, -0.2) is 63.3 Å². The lowest BCUT2D eigenvalue weighted by atomic mass is 9.93. The summed E-state index contributed by atoms with van der Waals surface area (Å²) >= 11 is 0. The van der Waals surface area contributed by atoms with Gasteiger partial charge in [0.25, 0.3) is 0 Å². The minimum Gasteiger partial charge on any atom is -0.493 e. The molecule has 1 fully saturated rings. The molecule has 0 bridgehead atoms. The third-order valence-corrected chi connectivity index (χ3v) is 5.77. The molecule has 2 heterocycles.